The van der Waals surface area contributed by atoms with Crippen LogP contribution in [0.1, 0.15) is 0 Å². The molecule has 2 rings (SSSR count). The van der Waals surface area contributed by atoms with E-state index >= 15 is 0 Å². The summed E-state index contributed by atoms with van der Waals surface area (Å²) in [5.41, 5.74) is 0.581. The number of benzene rings is 2. The van der Waals surface area contributed by atoms with E-state index in [1.807, 2.05) is 0 Å². The molecule has 0 fully saturated rings. The fourth-order valence-electron chi connectivity index (χ4n) is 1.70. The summed E-state index contributed by atoms with van der Waals surface area (Å²) in [6.45, 7) is -0.0850. The molecule has 2 aromatic rings. The Morgan fingerprint density at radius 2 is 1.83 bits per heavy atom. The Labute approximate surface area is 138 Å². The lowest BCUT2D eigenvalue weighted by Crippen LogP contribution is -2.37. The van der Waals surface area contributed by atoms with E-state index in [1.165, 1.54) is 7.05 Å². The van der Waals surface area contributed by atoms with Crippen molar-refractivity contribution >= 4 is 29.2 Å². The van der Waals surface area contributed by atoms with Gasteiger partial charge in [-0.05, 0) is 42.5 Å². The van der Waals surface area contributed by atoms with Gasteiger partial charge in [0.15, 0.2) is 0 Å². The summed E-state index contributed by atoms with van der Waals surface area (Å²) in [6, 6.07) is 13.4. The van der Waals surface area contributed by atoms with Crippen LogP contribution >= 0.6 is 11.6 Å². The van der Waals surface area contributed by atoms with E-state index in [9.17, 15) is 9.59 Å². The molecule has 120 valence electrons. The molecule has 0 atom stereocenters. The van der Waals surface area contributed by atoms with Gasteiger partial charge in [0.25, 0.3) is 0 Å². The van der Waals surface area contributed by atoms with Gasteiger partial charge >= 0.3 is 6.03 Å². The van der Waals surface area contributed by atoms with E-state index in [0.717, 1.165) is 0 Å². The highest BCUT2D eigenvalue weighted by Crippen LogP contribution is 2.25. The van der Waals surface area contributed by atoms with Crippen LogP contribution in [-0.2, 0) is 4.79 Å². The molecule has 23 heavy (non-hydrogen) atoms. The molecule has 0 heterocycles. The van der Waals surface area contributed by atoms with Gasteiger partial charge in [-0.2, -0.15) is 0 Å². The van der Waals surface area contributed by atoms with Gasteiger partial charge in [0.1, 0.15) is 11.5 Å². The van der Waals surface area contributed by atoms with Gasteiger partial charge in [-0.25, -0.2) is 4.79 Å². The minimum absolute atomic E-state index is 0.0850. The van der Waals surface area contributed by atoms with Crippen molar-refractivity contribution in [1.29, 1.82) is 0 Å². The van der Waals surface area contributed by atoms with Crippen molar-refractivity contribution in [1.82, 2.24) is 10.6 Å². The lowest BCUT2D eigenvalue weighted by atomic mass is 10.3. The maximum absolute atomic E-state index is 11.6. The van der Waals surface area contributed by atoms with Crippen LogP contribution in [0.3, 0.4) is 0 Å². The zero-order valence-electron chi connectivity index (χ0n) is 12.4. The molecule has 0 radical (unpaired) electrons. The van der Waals surface area contributed by atoms with Gasteiger partial charge in [0.2, 0.25) is 5.91 Å². The van der Waals surface area contributed by atoms with Crippen LogP contribution in [0.5, 0.6) is 11.5 Å². The third-order valence-electron chi connectivity index (χ3n) is 2.83. The molecule has 0 aromatic heterocycles. The molecular weight excluding hydrogens is 318 g/mol. The number of nitrogens with one attached hydrogen (secondary N) is 3. The number of rotatable bonds is 5. The number of hydrogen-bond acceptors (Lipinski definition) is 3. The molecule has 0 aliphatic rings. The quantitative estimate of drug-likeness (QED) is 0.787. The highest BCUT2D eigenvalue weighted by molar-refractivity contribution is 6.30. The summed E-state index contributed by atoms with van der Waals surface area (Å²) < 4.78 is 5.65. The van der Waals surface area contributed by atoms with E-state index in [0.29, 0.717) is 22.2 Å². The molecule has 0 aliphatic carbocycles. The maximum Gasteiger partial charge on any atom is 0.319 e. The monoisotopic (exact) mass is 333 g/mol. The molecule has 3 N–H and O–H groups in total. The predicted octanol–water partition coefficient (Wildman–Crippen LogP) is 3.00. The average Bonchev–Trinajstić information content (AvgIpc) is 2.54. The number of amides is 3. The first-order chi connectivity index (χ1) is 11.1. The molecule has 0 saturated heterocycles. The Morgan fingerprint density at radius 3 is 2.48 bits per heavy atom. The van der Waals surface area contributed by atoms with Gasteiger partial charge < -0.3 is 20.7 Å². The van der Waals surface area contributed by atoms with Crippen molar-refractivity contribution in [3.05, 3.63) is 53.6 Å². The van der Waals surface area contributed by atoms with Gasteiger partial charge in [0, 0.05) is 17.8 Å². The highest BCUT2D eigenvalue weighted by atomic mass is 35.5. The fraction of sp³-hybridized carbons (Fsp3) is 0.125. The highest BCUT2D eigenvalue weighted by Gasteiger charge is 2.04. The third-order valence-corrected chi connectivity index (χ3v) is 3.07. The van der Waals surface area contributed by atoms with Crippen LogP contribution in [0.25, 0.3) is 0 Å². The number of urea groups is 1. The molecule has 2 aromatic carbocycles. The van der Waals surface area contributed by atoms with E-state index in [4.69, 9.17) is 16.3 Å². The Morgan fingerprint density at radius 1 is 1.09 bits per heavy atom. The number of carbonyl (C=O) groups is 2. The zero-order valence-corrected chi connectivity index (χ0v) is 13.2. The van der Waals surface area contributed by atoms with Crippen molar-refractivity contribution in [2.45, 2.75) is 0 Å². The SMILES string of the molecule is CNC(=O)CNC(=O)Nc1ccc(Oc2cccc(Cl)c2)cc1. The predicted molar refractivity (Wildman–Crippen MR) is 89.1 cm³/mol. The summed E-state index contributed by atoms with van der Waals surface area (Å²) >= 11 is 5.89. The standard InChI is InChI=1S/C16H16ClN3O3/c1-18-15(21)10-19-16(22)20-12-5-7-13(8-6-12)23-14-4-2-3-11(17)9-14/h2-9H,10H2,1H3,(H,18,21)(H2,19,20,22). The van der Waals surface area contributed by atoms with Crippen LogP contribution in [0, 0.1) is 0 Å². The van der Waals surface area contributed by atoms with Crippen LogP contribution in [-0.4, -0.2) is 25.5 Å². The minimum atomic E-state index is -0.461. The number of carbonyl (C=O) groups excluding carboxylic acids is 2. The van der Waals surface area contributed by atoms with Gasteiger partial charge in [0.05, 0.1) is 6.54 Å². The maximum atomic E-state index is 11.6. The summed E-state index contributed by atoms with van der Waals surface area (Å²) in [7, 11) is 1.50. The van der Waals surface area contributed by atoms with Crippen LogP contribution < -0.4 is 20.7 Å². The Hall–Kier alpha value is -2.73. The van der Waals surface area contributed by atoms with E-state index < -0.39 is 6.03 Å². The Balaban J connectivity index is 1.89. The second kappa shape index (κ2) is 8.05. The molecule has 0 saturated carbocycles. The van der Waals surface area contributed by atoms with Crippen molar-refractivity contribution in [2.24, 2.45) is 0 Å². The zero-order chi connectivity index (χ0) is 16.7. The van der Waals surface area contributed by atoms with Crippen molar-refractivity contribution in [3.8, 4) is 11.5 Å². The molecule has 0 aliphatic heterocycles. The third kappa shape index (κ3) is 5.52. The van der Waals surface area contributed by atoms with Crippen LogP contribution in [0.2, 0.25) is 5.02 Å². The van der Waals surface area contributed by atoms with E-state index in [1.54, 1.807) is 48.5 Å². The molecule has 7 heteroatoms. The number of hydrogen-bond donors (Lipinski definition) is 3. The number of anilines is 1. The number of likely N-dealkylation sites (N-methyl/N-ethyl adjacent to an activating group) is 1. The van der Waals surface area contributed by atoms with Gasteiger partial charge in [-0.3, -0.25) is 4.79 Å². The largest absolute Gasteiger partial charge is 0.457 e. The summed E-state index contributed by atoms with van der Waals surface area (Å²) in [5.74, 6) is 0.968. The second-order valence-corrected chi connectivity index (χ2v) is 5.00. The lowest BCUT2D eigenvalue weighted by molar-refractivity contribution is -0.119. The molecule has 6 nitrogen and oxygen atoms in total. The number of ether oxygens (including phenoxy) is 1. The summed E-state index contributed by atoms with van der Waals surface area (Å²) in [6.07, 6.45) is 0. The summed E-state index contributed by atoms with van der Waals surface area (Å²) in [4.78, 5) is 22.6. The van der Waals surface area contributed by atoms with Crippen LogP contribution in [0.4, 0.5) is 10.5 Å². The Kier molecular flexibility index (Phi) is 5.82. The first-order valence-corrected chi connectivity index (χ1v) is 7.23. The summed E-state index contributed by atoms with van der Waals surface area (Å²) in [5, 5.41) is 8.05. The van der Waals surface area contributed by atoms with Crippen molar-refractivity contribution in [3.63, 3.8) is 0 Å². The van der Waals surface area contributed by atoms with Gasteiger partial charge in [-0.1, -0.05) is 17.7 Å². The lowest BCUT2D eigenvalue weighted by Gasteiger charge is -2.09. The van der Waals surface area contributed by atoms with Gasteiger partial charge in [-0.15, -0.1) is 0 Å². The first-order valence-electron chi connectivity index (χ1n) is 6.86. The van der Waals surface area contributed by atoms with Crippen molar-refractivity contribution in [2.75, 3.05) is 18.9 Å². The van der Waals surface area contributed by atoms with Crippen molar-refractivity contribution < 1.29 is 14.3 Å². The first kappa shape index (κ1) is 16.6. The molecule has 0 spiro atoms. The smallest absolute Gasteiger partial charge is 0.319 e. The number of halogens is 1. The minimum Gasteiger partial charge on any atom is -0.457 e. The average molecular weight is 334 g/mol. The molecular formula is C16H16ClN3O3. The molecule has 0 bridgehead atoms. The Bertz CT molecular complexity index is 689. The fourth-order valence-corrected chi connectivity index (χ4v) is 1.88. The van der Waals surface area contributed by atoms with Crippen LogP contribution in [0.15, 0.2) is 48.5 Å². The van der Waals surface area contributed by atoms with E-state index in [-0.39, 0.29) is 12.5 Å². The second-order valence-electron chi connectivity index (χ2n) is 4.56. The van der Waals surface area contributed by atoms with E-state index in [2.05, 4.69) is 16.0 Å². The normalized spacial score (nSPS) is 9.83. The topological polar surface area (TPSA) is 79.5 Å². The molecule has 3 amide bonds. The molecule has 0 unspecified atom stereocenters.